The Labute approximate surface area is 126 Å². The first kappa shape index (κ1) is 14.1. The lowest BCUT2D eigenvalue weighted by Crippen LogP contribution is -2.39. The fraction of sp³-hybridized carbons (Fsp3) is 0.267. The second-order valence-electron chi connectivity index (χ2n) is 5.17. The van der Waals surface area contributed by atoms with Crippen LogP contribution >= 0.6 is 0 Å². The lowest BCUT2D eigenvalue weighted by molar-refractivity contribution is 0.667. The van der Waals surface area contributed by atoms with E-state index in [0.29, 0.717) is 23.5 Å². The van der Waals surface area contributed by atoms with E-state index in [0.717, 1.165) is 10.3 Å². The molecule has 0 aromatic carbocycles. The van der Waals surface area contributed by atoms with Gasteiger partial charge < -0.3 is 4.57 Å². The van der Waals surface area contributed by atoms with Crippen molar-refractivity contribution in [3.8, 4) is 0 Å². The van der Waals surface area contributed by atoms with E-state index in [4.69, 9.17) is 0 Å². The van der Waals surface area contributed by atoms with Crippen LogP contribution in [0.1, 0.15) is 5.69 Å². The van der Waals surface area contributed by atoms with Crippen molar-refractivity contribution < 1.29 is 0 Å². The zero-order valence-corrected chi connectivity index (χ0v) is 12.6. The van der Waals surface area contributed by atoms with Gasteiger partial charge in [0.05, 0.1) is 0 Å². The second-order valence-corrected chi connectivity index (χ2v) is 5.17. The number of allylic oxidation sites excluding steroid dienone is 2. The van der Waals surface area contributed by atoms with E-state index in [1.165, 1.54) is 10.6 Å². The van der Waals surface area contributed by atoms with Gasteiger partial charge in [0.2, 0.25) is 5.78 Å². The minimum atomic E-state index is -0.398. The predicted molar refractivity (Wildman–Crippen MR) is 85.3 cm³/mol. The summed E-state index contributed by atoms with van der Waals surface area (Å²) in [4.78, 5) is 29.4. The molecular weight excluding hydrogens is 282 g/mol. The second kappa shape index (κ2) is 4.87. The van der Waals surface area contributed by atoms with Crippen LogP contribution in [-0.2, 0) is 20.1 Å². The fourth-order valence-electron chi connectivity index (χ4n) is 2.70. The highest BCUT2D eigenvalue weighted by molar-refractivity contribution is 5.75. The van der Waals surface area contributed by atoms with Crippen LogP contribution < -0.4 is 11.2 Å². The molecule has 0 aliphatic heterocycles. The highest BCUT2D eigenvalue weighted by Crippen LogP contribution is 2.16. The minimum absolute atomic E-state index is 0.168. The van der Waals surface area contributed by atoms with E-state index in [1.807, 2.05) is 17.7 Å². The van der Waals surface area contributed by atoms with Crippen molar-refractivity contribution in [1.29, 1.82) is 0 Å². The molecule has 0 spiro atoms. The number of aryl methyl sites for hydroxylation is 2. The van der Waals surface area contributed by atoms with E-state index < -0.39 is 5.69 Å². The Morgan fingerprint density at radius 2 is 1.82 bits per heavy atom. The van der Waals surface area contributed by atoms with Crippen LogP contribution in [0, 0.1) is 6.92 Å². The van der Waals surface area contributed by atoms with E-state index in [9.17, 15) is 9.59 Å². The SMILES string of the molecule is C=CCn1c(=O)c2c(nc3n(CC=C)c(C)cn23)n(C)c1=O. The Hall–Kier alpha value is -2.83. The van der Waals surface area contributed by atoms with Gasteiger partial charge in [-0.3, -0.25) is 18.3 Å². The molecule has 0 fully saturated rings. The van der Waals surface area contributed by atoms with Crippen LogP contribution in [0.15, 0.2) is 41.1 Å². The average molecular weight is 299 g/mol. The first-order chi connectivity index (χ1) is 10.5. The third-order valence-corrected chi connectivity index (χ3v) is 3.76. The normalized spacial score (nSPS) is 11.4. The molecule has 3 heterocycles. The first-order valence-corrected chi connectivity index (χ1v) is 6.90. The quantitative estimate of drug-likeness (QED) is 0.670. The highest BCUT2D eigenvalue weighted by Gasteiger charge is 2.19. The third kappa shape index (κ3) is 1.71. The van der Waals surface area contributed by atoms with E-state index in [2.05, 4.69) is 18.1 Å². The zero-order chi connectivity index (χ0) is 16.0. The molecule has 0 N–H and O–H groups in total. The van der Waals surface area contributed by atoms with Crippen LogP contribution in [-0.4, -0.2) is 23.1 Å². The van der Waals surface area contributed by atoms with Crippen molar-refractivity contribution in [3.63, 3.8) is 0 Å². The Kier molecular flexibility index (Phi) is 3.13. The summed E-state index contributed by atoms with van der Waals surface area (Å²) in [6.45, 7) is 10.0. The van der Waals surface area contributed by atoms with Gasteiger partial charge in [-0.2, -0.15) is 4.98 Å². The molecule has 7 heteroatoms. The van der Waals surface area contributed by atoms with Gasteiger partial charge in [-0.05, 0) is 6.92 Å². The summed E-state index contributed by atoms with van der Waals surface area (Å²) < 4.78 is 6.22. The van der Waals surface area contributed by atoms with Crippen molar-refractivity contribution in [2.24, 2.45) is 7.05 Å². The largest absolute Gasteiger partial charge is 0.332 e. The van der Waals surface area contributed by atoms with E-state index in [-0.39, 0.29) is 12.1 Å². The number of fused-ring (bicyclic) bond motifs is 3. The van der Waals surface area contributed by atoms with Gasteiger partial charge in [-0.15, -0.1) is 13.2 Å². The van der Waals surface area contributed by atoms with Crippen LogP contribution in [0.5, 0.6) is 0 Å². The van der Waals surface area contributed by atoms with Gasteiger partial charge in [0.15, 0.2) is 11.2 Å². The molecule has 3 rings (SSSR count). The van der Waals surface area contributed by atoms with Gasteiger partial charge in [-0.25, -0.2) is 4.79 Å². The Morgan fingerprint density at radius 3 is 2.45 bits per heavy atom. The van der Waals surface area contributed by atoms with Gasteiger partial charge >= 0.3 is 5.69 Å². The van der Waals surface area contributed by atoms with Gasteiger partial charge in [0.25, 0.3) is 5.56 Å². The van der Waals surface area contributed by atoms with Crippen molar-refractivity contribution in [1.82, 2.24) is 23.1 Å². The number of hydrogen-bond donors (Lipinski definition) is 0. The Balaban J connectivity index is 2.54. The summed E-state index contributed by atoms with van der Waals surface area (Å²) in [5.74, 6) is 0.621. The summed E-state index contributed by atoms with van der Waals surface area (Å²) >= 11 is 0. The molecule has 0 unspecified atom stereocenters. The smallest absolute Gasteiger partial charge is 0.310 e. The predicted octanol–water partition coefficient (Wildman–Crippen LogP) is 0.830. The number of nitrogens with zero attached hydrogens (tertiary/aromatic N) is 5. The van der Waals surface area contributed by atoms with Crippen molar-refractivity contribution in [3.05, 3.63) is 58.0 Å². The van der Waals surface area contributed by atoms with Crippen molar-refractivity contribution in [2.75, 3.05) is 0 Å². The molecular formula is C15H17N5O2. The maximum Gasteiger partial charge on any atom is 0.332 e. The standard InChI is InChI=1S/C15H17N5O2/c1-5-7-18-10(3)9-20-11-12(16-14(18)20)17(4)15(22)19(8-6-2)13(11)21/h5-6,9H,1-2,7-8H2,3-4H3. The molecule has 0 aliphatic carbocycles. The fourth-order valence-corrected chi connectivity index (χ4v) is 2.70. The summed E-state index contributed by atoms with van der Waals surface area (Å²) in [6.07, 6.45) is 5.14. The summed E-state index contributed by atoms with van der Waals surface area (Å²) in [6, 6.07) is 0. The highest BCUT2D eigenvalue weighted by atomic mass is 16.2. The molecule has 7 nitrogen and oxygen atoms in total. The molecule has 0 aliphatic rings. The molecule has 0 saturated carbocycles. The van der Waals surface area contributed by atoms with Crippen molar-refractivity contribution >= 4 is 16.9 Å². The molecule has 22 heavy (non-hydrogen) atoms. The van der Waals surface area contributed by atoms with Crippen LogP contribution in [0.25, 0.3) is 16.9 Å². The number of aromatic nitrogens is 5. The summed E-state index contributed by atoms with van der Waals surface area (Å²) in [7, 11) is 1.61. The number of hydrogen-bond acceptors (Lipinski definition) is 3. The summed E-state index contributed by atoms with van der Waals surface area (Å²) in [5, 5.41) is 0. The molecule has 0 saturated heterocycles. The lowest BCUT2D eigenvalue weighted by Gasteiger charge is -2.05. The zero-order valence-electron chi connectivity index (χ0n) is 12.6. The first-order valence-electron chi connectivity index (χ1n) is 6.90. The van der Waals surface area contributed by atoms with E-state index >= 15 is 0 Å². The Morgan fingerprint density at radius 1 is 1.18 bits per heavy atom. The molecule has 0 amide bonds. The van der Waals surface area contributed by atoms with Crippen LogP contribution in [0.4, 0.5) is 0 Å². The molecule has 0 radical (unpaired) electrons. The van der Waals surface area contributed by atoms with Crippen LogP contribution in [0.2, 0.25) is 0 Å². The topological polar surface area (TPSA) is 66.2 Å². The average Bonchev–Trinajstić information content (AvgIpc) is 2.99. The van der Waals surface area contributed by atoms with Gasteiger partial charge in [-0.1, -0.05) is 12.2 Å². The lowest BCUT2D eigenvalue weighted by atomic mass is 10.4. The molecule has 114 valence electrons. The Bertz CT molecular complexity index is 1030. The van der Waals surface area contributed by atoms with E-state index in [1.54, 1.807) is 17.5 Å². The maximum absolute atomic E-state index is 12.7. The van der Waals surface area contributed by atoms with Gasteiger partial charge in [0, 0.05) is 32.0 Å². The third-order valence-electron chi connectivity index (χ3n) is 3.76. The molecule has 0 bridgehead atoms. The monoisotopic (exact) mass is 299 g/mol. The molecule has 0 atom stereocenters. The van der Waals surface area contributed by atoms with Crippen LogP contribution in [0.3, 0.4) is 0 Å². The molecule has 3 aromatic rings. The summed E-state index contributed by atoms with van der Waals surface area (Å²) in [5.41, 5.74) is 0.979. The van der Waals surface area contributed by atoms with Gasteiger partial charge in [0.1, 0.15) is 0 Å². The number of rotatable bonds is 4. The maximum atomic E-state index is 12.7. The molecule has 3 aromatic heterocycles. The van der Waals surface area contributed by atoms with Crippen molar-refractivity contribution in [2.45, 2.75) is 20.0 Å². The minimum Gasteiger partial charge on any atom is -0.310 e. The number of imidazole rings is 2.